The standard InChI is InChI=1S/C18H16ClN3O5S/c1-3-26-18(25)20-15(23)9-27-17(24)14-8-13-10(2)21-22(16(13)28-14)12-6-4-5-11(19)7-12/h4-8H,3,9H2,1-2H3,(H,20,23,25). The van der Waals surface area contributed by atoms with Gasteiger partial charge in [0.05, 0.1) is 18.0 Å². The van der Waals surface area contributed by atoms with Crippen molar-refractivity contribution < 1.29 is 23.9 Å². The van der Waals surface area contributed by atoms with Crippen molar-refractivity contribution in [3.05, 3.63) is 45.9 Å². The second-order valence-electron chi connectivity index (χ2n) is 5.65. The summed E-state index contributed by atoms with van der Waals surface area (Å²) in [5.74, 6) is -1.44. The summed E-state index contributed by atoms with van der Waals surface area (Å²) in [6.07, 6.45) is -0.886. The van der Waals surface area contributed by atoms with E-state index in [1.54, 1.807) is 29.8 Å². The number of imide groups is 1. The number of ether oxygens (including phenoxy) is 2. The molecule has 1 aromatic carbocycles. The van der Waals surface area contributed by atoms with E-state index in [-0.39, 0.29) is 6.61 Å². The predicted molar refractivity (Wildman–Crippen MR) is 104 cm³/mol. The first-order valence-electron chi connectivity index (χ1n) is 8.28. The molecule has 10 heteroatoms. The summed E-state index contributed by atoms with van der Waals surface area (Å²) in [5.41, 5.74) is 1.51. The van der Waals surface area contributed by atoms with Gasteiger partial charge in [0.25, 0.3) is 5.91 Å². The van der Waals surface area contributed by atoms with E-state index in [0.29, 0.717) is 9.90 Å². The van der Waals surface area contributed by atoms with E-state index in [9.17, 15) is 14.4 Å². The van der Waals surface area contributed by atoms with Crippen molar-refractivity contribution in [3.63, 3.8) is 0 Å². The summed E-state index contributed by atoms with van der Waals surface area (Å²) >= 11 is 7.24. The summed E-state index contributed by atoms with van der Waals surface area (Å²) in [4.78, 5) is 36.1. The van der Waals surface area contributed by atoms with Crippen LogP contribution < -0.4 is 5.32 Å². The maximum Gasteiger partial charge on any atom is 0.413 e. The first-order valence-corrected chi connectivity index (χ1v) is 9.47. The molecule has 146 valence electrons. The molecule has 0 unspecified atom stereocenters. The molecular weight excluding hydrogens is 406 g/mol. The number of benzene rings is 1. The fourth-order valence-electron chi connectivity index (χ4n) is 2.45. The average Bonchev–Trinajstić information content (AvgIpc) is 3.21. The van der Waals surface area contributed by atoms with Gasteiger partial charge in [-0.3, -0.25) is 10.1 Å². The molecule has 1 N–H and O–H groups in total. The van der Waals surface area contributed by atoms with Crippen LogP contribution >= 0.6 is 22.9 Å². The van der Waals surface area contributed by atoms with Crippen molar-refractivity contribution in [1.29, 1.82) is 0 Å². The molecule has 0 saturated carbocycles. The number of alkyl carbamates (subject to hydrolysis) is 1. The van der Waals surface area contributed by atoms with Crippen LogP contribution in [0.2, 0.25) is 5.02 Å². The van der Waals surface area contributed by atoms with E-state index < -0.39 is 24.6 Å². The van der Waals surface area contributed by atoms with Crippen LogP contribution in [0.5, 0.6) is 0 Å². The van der Waals surface area contributed by atoms with Crippen LogP contribution in [0.3, 0.4) is 0 Å². The smallest absolute Gasteiger partial charge is 0.413 e. The summed E-state index contributed by atoms with van der Waals surface area (Å²) in [6.45, 7) is 2.98. The summed E-state index contributed by atoms with van der Waals surface area (Å²) in [6, 6.07) is 8.86. The Morgan fingerprint density at radius 3 is 2.75 bits per heavy atom. The van der Waals surface area contributed by atoms with Crippen LogP contribution in [0, 0.1) is 6.92 Å². The molecule has 8 nitrogen and oxygen atoms in total. The van der Waals surface area contributed by atoms with Crippen molar-refractivity contribution in [2.24, 2.45) is 0 Å². The van der Waals surface area contributed by atoms with Gasteiger partial charge in [-0.1, -0.05) is 17.7 Å². The number of aryl methyl sites for hydroxylation is 1. The van der Waals surface area contributed by atoms with Crippen molar-refractivity contribution in [2.75, 3.05) is 13.2 Å². The van der Waals surface area contributed by atoms with Gasteiger partial charge in [0.2, 0.25) is 0 Å². The van der Waals surface area contributed by atoms with E-state index in [4.69, 9.17) is 16.3 Å². The van der Waals surface area contributed by atoms with Gasteiger partial charge < -0.3 is 9.47 Å². The Labute approximate surface area is 169 Å². The fourth-order valence-corrected chi connectivity index (χ4v) is 3.71. The number of nitrogens with zero attached hydrogens (tertiary/aromatic N) is 2. The molecule has 28 heavy (non-hydrogen) atoms. The highest BCUT2D eigenvalue weighted by molar-refractivity contribution is 7.20. The van der Waals surface area contributed by atoms with Crippen LogP contribution in [0.15, 0.2) is 30.3 Å². The third-order valence-corrected chi connectivity index (χ3v) is 4.98. The third-order valence-electron chi connectivity index (χ3n) is 3.65. The molecule has 0 fully saturated rings. The van der Waals surface area contributed by atoms with Crippen LogP contribution in [0.1, 0.15) is 22.3 Å². The van der Waals surface area contributed by atoms with E-state index in [2.05, 4.69) is 9.84 Å². The van der Waals surface area contributed by atoms with Gasteiger partial charge in [0.15, 0.2) is 6.61 Å². The molecule has 0 aliphatic carbocycles. The van der Waals surface area contributed by atoms with Gasteiger partial charge in [-0.15, -0.1) is 11.3 Å². The maximum atomic E-state index is 12.3. The van der Waals surface area contributed by atoms with Crippen LogP contribution in [0.25, 0.3) is 15.9 Å². The van der Waals surface area contributed by atoms with Crippen LogP contribution in [-0.2, 0) is 14.3 Å². The summed E-state index contributed by atoms with van der Waals surface area (Å²) < 4.78 is 11.3. The molecule has 2 aromatic heterocycles. The Kier molecular flexibility index (Phi) is 5.96. The Bertz CT molecular complexity index is 1060. The number of aromatic nitrogens is 2. The molecule has 2 amide bonds. The van der Waals surface area contributed by atoms with Crippen molar-refractivity contribution in [3.8, 4) is 5.69 Å². The largest absolute Gasteiger partial charge is 0.451 e. The number of carbonyl (C=O) groups is 3. The van der Waals surface area contributed by atoms with Crippen molar-refractivity contribution in [1.82, 2.24) is 15.1 Å². The topological polar surface area (TPSA) is 99.5 Å². The first kappa shape index (κ1) is 19.8. The minimum atomic E-state index is -0.886. The lowest BCUT2D eigenvalue weighted by molar-refractivity contribution is -0.123. The lowest BCUT2D eigenvalue weighted by Gasteiger charge is -2.05. The fraction of sp³-hybridized carbons (Fsp3) is 0.222. The van der Waals surface area contributed by atoms with E-state index in [0.717, 1.165) is 21.6 Å². The Morgan fingerprint density at radius 1 is 1.25 bits per heavy atom. The zero-order valence-electron chi connectivity index (χ0n) is 15.0. The van der Waals surface area contributed by atoms with Gasteiger partial charge in [0, 0.05) is 10.4 Å². The number of rotatable bonds is 5. The first-order chi connectivity index (χ1) is 13.4. The Balaban J connectivity index is 1.75. The minimum Gasteiger partial charge on any atom is -0.451 e. The van der Waals surface area contributed by atoms with Gasteiger partial charge in [-0.2, -0.15) is 5.10 Å². The zero-order chi connectivity index (χ0) is 20.3. The van der Waals surface area contributed by atoms with Crippen LogP contribution in [0.4, 0.5) is 4.79 Å². The van der Waals surface area contributed by atoms with Crippen LogP contribution in [-0.4, -0.2) is 41.0 Å². The number of esters is 1. The molecule has 0 saturated heterocycles. The number of fused-ring (bicyclic) bond motifs is 1. The molecule has 2 heterocycles. The highest BCUT2D eigenvalue weighted by atomic mass is 35.5. The molecule has 0 bridgehead atoms. The van der Waals surface area contributed by atoms with E-state index in [1.165, 1.54) is 11.3 Å². The highest BCUT2D eigenvalue weighted by Crippen LogP contribution is 2.31. The second-order valence-corrected chi connectivity index (χ2v) is 7.12. The molecule has 3 rings (SSSR count). The number of halogens is 1. The maximum absolute atomic E-state index is 12.3. The highest BCUT2D eigenvalue weighted by Gasteiger charge is 2.19. The third kappa shape index (κ3) is 4.32. The van der Waals surface area contributed by atoms with Crippen molar-refractivity contribution >= 4 is 51.1 Å². The molecular formula is C18H16ClN3O5S. The van der Waals surface area contributed by atoms with Gasteiger partial charge in [-0.25, -0.2) is 14.3 Å². The Hall–Kier alpha value is -2.91. The van der Waals surface area contributed by atoms with Gasteiger partial charge >= 0.3 is 12.1 Å². The molecule has 0 radical (unpaired) electrons. The normalized spacial score (nSPS) is 10.7. The Morgan fingerprint density at radius 2 is 2.04 bits per heavy atom. The van der Waals surface area contributed by atoms with E-state index in [1.807, 2.05) is 24.4 Å². The average molecular weight is 422 g/mol. The molecule has 0 aliphatic heterocycles. The molecule has 0 atom stereocenters. The number of carbonyl (C=O) groups excluding carboxylic acids is 3. The monoisotopic (exact) mass is 421 g/mol. The number of hydrogen-bond donors (Lipinski definition) is 1. The molecule has 0 aliphatic rings. The molecule has 0 spiro atoms. The lowest BCUT2D eigenvalue weighted by atomic mass is 10.3. The van der Waals surface area contributed by atoms with E-state index >= 15 is 0 Å². The number of thiophene rings is 1. The summed E-state index contributed by atoms with van der Waals surface area (Å²) in [7, 11) is 0. The zero-order valence-corrected chi connectivity index (χ0v) is 16.6. The molecule has 3 aromatic rings. The SMILES string of the molecule is CCOC(=O)NC(=O)COC(=O)c1cc2c(C)nn(-c3cccc(Cl)c3)c2s1. The summed E-state index contributed by atoms with van der Waals surface area (Å²) in [5, 5.41) is 7.81. The lowest BCUT2D eigenvalue weighted by Crippen LogP contribution is -2.34. The minimum absolute atomic E-state index is 0.129. The number of amides is 2. The number of nitrogens with one attached hydrogen (secondary N) is 1. The van der Waals surface area contributed by atoms with Gasteiger partial charge in [-0.05, 0) is 38.1 Å². The quantitative estimate of drug-likeness (QED) is 0.633. The van der Waals surface area contributed by atoms with Crippen molar-refractivity contribution in [2.45, 2.75) is 13.8 Å². The predicted octanol–water partition coefficient (Wildman–Crippen LogP) is 3.48. The van der Waals surface area contributed by atoms with Gasteiger partial charge in [0.1, 0.15) is 9.71 Å². The number of hydrogen-bond acceptors (Lipinski definition) is 7. The second kappa shape index (κ2) is 8.41.